The Hall–Kier alpha value is -2.48. The van der Waals surface area contributed by atoms with E-state index in [1.807, 2.05) is 0 Å². The number of hydrogen-bond donors (Lipinski definition) is 1. The van der Waals surface area contributed by atoms with Crippen LogP contribution in [-0.2, 0) is 30.7 Å². The van der Waals surface area contributed by atoms with Crippen molar-refractivity contribution in [1.29, 1.82) is 0 Å². The predicted molar refractivity (Wildman–Crippen MR) is 88.9 cm³/mol. The highest BCUT2D eigenvalue weighted by Gasteiger charge is 2.21. The van der Waals surface area contributed by atoms with Gasteiger partial charge in [-0.15, -0.1) is 16.4 Å². The lowest BCUT2D eigenvalue weighted by molar-refractivity contribution is -0.122. The van der Waals surface area contributed by atoms with E-state index in [2.05, 4.69) is 15.6 Å². The molecule has 0 aliphatic heterocycles. The highest BCUT2D eigenvalue weighted by atomic mass is 32.1. The van der Waals surface area contributed by atoms with Crippen LogP contribution in [0.4, 0.5) is 0 Å². The van der Waals surface area contributed by atoms with Gasteiger partial charge in [0.15, 0.2) is 4.83 Å². The Morgan fingerprint density at radius 1 is 1.38 bits per heavy atom. The molecule has 0 bridgehead atoms. The number of rotatable bonds is 4. The molecule has 0 unspecified atom stereocenters. The quantitative estimate of drug-likeness (QED) is 0.777. The van der Waals surface area contributed by atoms with Gasteiger partial charge in [0.05, 0.1) is 18.2 Å². The van der Waals surface area contributed by atoms with E-state index >= 15 is 0 Å². The van der Waals surface area contributed by atoms with Gasteiger partial charge in [-0.1, -0.05) is 5.21 Å². The van der Waals surface area contributed by atoms with Crippen LogP contribution in [-0.4, -0.2) is 20.9 Å². The molecule has 8 heteroatoms. The van der Waals surface area contributed by atoms with Gasteiger partial charge in [0, 0.05) is 4.88 Å². The van der Waals surface area contributed by atoms with E-state index in [1.54, 1.807) is 29.7 Å². The zero-order valence-corrected chi connectivity index (χ0v) is 13.8. The number of amides is 1. The fourth-order valence-corrected chi connectivity index (χ4v) is 4.20. The van der Waals surface area contributed by atoms with Crippen molar-refractivity contribution in [3.05, 3.63) is 45.0 Å². The Labute approximate surface area is 141 Å². The molecule has 0 fully saturated rings. The van der Waals surface area contributed by atoms with Crippen molar-refractivity contribution in [3.63, 3.8) is 0 Å². The minimum Gasteiger partial charge on any atom is -0.467 e. The fourth-order valence-electron chi connectivity index (χ4n) is 3.00. The molecule has 4 rings (SSSR count). The predicted octanol–water partition coefficient (Wildman–Crippen LogP) is 1.64. The number of carbonyl (C=O) groups is 1. The number of nitrogens with one attached hydrogen (secondary N) is 1. The van der Waals surface area contributed by atoms with Crippen molar-refractivity contribution in [2.45, 2.75) is 38.8 Å². The molecule has 24 heavy (non-hydrogen) atoms. The van der Waals surface area contributed by atoms with Crippen molar-refractivity contribution >= 4 is 27.5 Å². The second kappa shape index (κ2) is 6.20. The lowest BCUT2D eigenvalue weighted by Crippen LogP contribution is -2.34. The Morgan fingerprint density at radius 3 is 3.08 bits per heavy atom. The average Bonchev–Trinajstić information content (AvgIpc) is 3.22. The van der Waals surface area contributed by atoms with Crippen LogP contribution in [0, 0.1) is 0 Å². The van der Waals surface area contributed by atoms with E-state index in [-0.39, 0.29) is 24.6 Å². The molecule has 1 N–H and O–H groups in total. The van der Waals surface area contributed by atoms with Crippen molar-refractivity contribution in [2.24, 2.45) is 0 Å². The lowest BCUT2D eigenvalue weighted by atomic mass is 9.97. The Balaban J connectivity index is 1.57. The number of carbonyl (C=O) groups excluding carboxylic acids is 1. The average molecular weight is 344 g/mol. The molecule has 7 nitrogen and oxygen atoms in total. The minimum absolute atomic E-state index is 0.146. The summed E-state index contributed by atoms with van der Waals surface area (Å²) in [4.78, 5) is 26.7. The molecule has 124 valence electrons. The molecule has 3 aromatic rings. The summed E-state index contributed by atoms with van der Waals surface area (Å²) < 4.78 is 6.30. The molecule has 3 aromatic heterocycles. The van der Waals surface area contributed by atoms with Crippen molar-refractivity contribution in [2.75, 3.05) is 0 Å². The van der Waals surface area contributed by atoms with Gasteiger partial charge in [-0.3, -0.25) is 9.59 Å². The summed E-state index contributed by atoms with van der Waals surface area (Å²) in [6.45, 7) is 0.136. The molecule has 0 radical (unpaired) electrons. The summed E-state index contributed by atoms with van der Waals surface area (Å²) in [7, 11) is 0. The first-order valence-corrected chi connectivity index (χ1v) is 8.71. The molecule has 0 saturated carbocycles. The number of hydrogen-bond acceptors (Lipinski definition) is 6. The van der Waals surface area contributed by atoms with Gasteiger partial charge >= 0.3 is 0 Å². The third-order valence-corrected chi connectivity index (χ3v) is 5.35. The van der Waals surface area contributed by atoms with Crippen molar-refractivity contribution in [1.82, 2.24) is 20.3 Å². The van der Waals surface area contributed by atoms with Crippen molar-refractivity contribution < 1.29 is 9.21 Å². The number of fused-ring (bicyclic) bond motifs is 3. The van der Waals surface area contributed by atoms with Crippen LogP contribution < -0.4 is 10.9 Å². The summed E-state index contributed by atoms with van der Waals surface area (Å²) >= 11 is 1.55. The Bertz CT molecular complexity index is 942. The number of aryl methyl sites for hydroxylation is 2. The van der Waals surface area contributed by atoms with Crippen LogP contribution in [0.2, 0.25) is 0 Å². The highest BCUT2D eigenvalue weighted by Crippen LogP contribution is 2.33. The smallest absolute Gasteiger partial charge is 0.279 e. The standard InChI is InChI=1S/C16H16N4O3S/c21-13(17-8-10-4-3-7-23-10)9-20-16(22)14-11-5-1-2-6-12(11)24-15(14)18-19-20/h3-4,7H,1-2,5-6,8-9H2,(H,17,21). The first kappa shape index (κ1) is 15.1. The maximum Gasteiger partial charge on any atom is 0.279 e. The molecule has 1 aliphatic carbocycles. The van der Waals surface area contributed by atoms with Crippen LogP contribution >= 0.6 is 11.3 Å². The molecule has 1 aliphatic rings. The SMILES string of the molecule is O=C(Cn1nnc2sc3c(c2c1=O)CCCC3)NCc1ccco1. The summed E-state index contributed by atoms with van der Waals surface area (Å²) in [5.74, 6) is 0.357. The topological polar surface area (TPSA) is 90.0 Å². The van der Waals surface area contributed by atoms with E-state index in [9.17, 15) is 9.59 Å². The number of aromatic nitrogens is 3. The molecule has 0 atom stereocenters. The molecule has 0 aromatic carbocycles. The van der Waals surface area contributed by atoms with Gasteiger partial charge < -0.3 is 9.73 Å². The zero-order valence-electron chi connectivity index (χ0n) is 12.9. The van der Waals surface area contributed by atoms with E-state index in [0.717, 1.165) is 35.9 Å². The summed E-state index contributed by atoms with van der Waals surface area (Å²) in [6.07, 6.45) is 5.69. The van der Waals surface area contributed by atoms with Gasteiger partial charge in [-0.05, 0) is 43.4 Å². The van der Waals surface area contributed by atoms with E-state index in [4.69, 9.17) is 4.42 Å². The third kappa shape index (κ3) is 2.73. The monoisotopic (exact) mass is 344 g/mol. The maximum absolute atomic E-state index is 12.7. The van der Waals surface area contributed by atoms with Crippen molar-refractivity contribution in [3.8, 4) is 0 Å². The normalized spacial score (nSPS) is 13.8. The summed E-state index contributed by atoms with van der Waals surface area (Å²) in [6, 6.07) is 3.53. The van der Waals surface area contributed by atoms with Gasteiger partial charge in [0.25, 0.3) is 5.56 Å². The van der Waals surface area contributed by atoms with Crippen LogP contribution in [0.1, 0.15) is 29.0 Å². The number of nitrogens with zero attached hydrogens (tertiary/aromatic N) is 3. The van der Waals surface area contributed by atoms with E-state index in [0.29, 0.717) is 16.0 Å². The Morgan fingerprint density at radius 2 is 2.25 bits per heavy atom. The first-order valence-electron chi connectivity index (χ1n) is 7.89. The second-order valence-corrected chi connectivity index (χ2v) is 6.88. The first-order chi connectivity index (χ1) is 11.7. The molecular weight excluding hydrogens is 328 g/mol. The molecule has 0 spiro atoms. The number of furan rings is 1. The second-order valence-electron chi connectivity index (χ2n) is 5.80. The summed E-state index contributed by atoms with van der Waals surface area (Å²) in [5, 5.41) is 11.4. The third-order valence-electron chi connectivity index (χ3n) is 4.18. The lowest BCUT2D eigenvalue weighted by Gasteiger charge is -2.10. The summed E-state index contributed by atoms with van der Waals surface area (Å²) in [5.41, 5.74) is 0.874. The molecule has 3 heterocycles. The molecule has 0 saturated heterocycles. The van der Waals surface area contributed by atoms with Crippen LogP contribution in [0.15, 0.2) is 27.6 Å². The maximum atomic E-state index is 12.7. The molecular formula is C16H16N4O3S. The van der Waals surface area contributed by atoms with Gasteiger partial charge in [-0.25, -0.2) is 4.68 Å². The fraction of sp³-hybridized carbons (Fsp3) is 0.375. The van der Waals surface area contributed by atoms with Crippen LogP contribution in [0.25, 0.3) is 10.2 Å². The van der Waals surface area contributed by atoms with Crippen LogP contribution in [0.3, 0.4) is 0 Å². The largest absolute Gasteiger partial charge is 0.467 e. The Kier molecular flexibility index (Phi) is 3.89. The van der Waals surface area contributed by atoms with E-state index < -0.39 is 0 Å². The van der Waals surface area contributed by atoms with Crippen LogP contribution in [0.5, 0.6) is 0 Å². The van der Waals surface area contributed by atoms with Gasteiger partial charge in [0.2, 0.25) is 5.91 Å². The van der Waals surface area contributed by atoms with E-state index in [1.165, 1.54) is 4.88 Å². The van der Waals surface area contributed by atoms with Gasteiger partial charge in [0.1, 0.15) is 12.3 Å². The van der Waals surface area contributed by atoms with Gasteiger partial charge in [-0.2, -0.15) is 0 Å². The zero-order chi connectivity index (χ0) is 16.5. The molecule has 1 amide bonds. The number of thiophene rings is 1. The minimum atomic E-state index is -0.300. The highest BCUT2D eigenvalue weighted by molar-refractivity contribution is 7.18.